The largest absolute Gasteiger partial charge is 0.370 e. The topological polar surface area (TPSA) is 64.4 Å². The number of hydrogen-bond donors (Lipinski definition) is 2. The number of nitrogens with zero attached hydrogens (tertiary/aromatic N) is 1. The van der Waals surface area contributed by atoms with Gasteiger partial charge in [0.15, 0.2) is 5.96 Å². The van der Waals surface area contributed by atoms with Crippen LogP contribution in [0.5, 0.6) is 0 Å². The minimum Gasteiger partial charge on any atom is -0.370 e. The highest BCUT2D eigenvalue weighted by Crippen LogP contribution is 2.21. The molecule has 0 aliphatic rings. The van der Waals surface area contributed by atoms with Crippen molar-refractivity contribution in [1.29, 1.82) is 0 Å². The molecule has 1 aromatic rings. The molecule has 5 heteroatoms. The standard InChI is InChI=1S/C9H11BrClN3/c10-8-2-1-7(11)5-6(8)3-4-14-9(12)13/h1-2,5H,3-4H2,(H4,12,13,14). The van der Waals surface area contributed by atoms with Crippen molar-refractivity contribution in [3.05, 3.63) is 33.3 Å². The number of benzene rings is 1. The van der Waals surface area contributed by atoms with E-state index in [1.54, 1.807) is 0 Å². The fourth-order valence-electron chi connectivity index (χ4n) is 1.04. The molecule has 0 heterocycles. The van der Waals surface area contributed by atoms with Crippen LogP contribution in [0.4, 0.5) is 0 Å². The smallest absolute Gasteiger partial charge is 0.185 e. The fourth-order valence-corrected chi connectivity index (χ4v) is 1.68. The molecule has 0 aliphatic carbocycles. The molecule has 4 N–H and O–H groups in total. The summed E-state index contributed by atoms with van der Waals surface area (Å²) in [4.78, 5) is 3.90. The normalized spacial score (nSPS) is 9.86. The summed E-state index contributed by atoms with van der Waals surface area (Å²) < 4.78 is 1.02. The second-order valence-electron chi connectivity index (χ2n) is 2.79. The Labute approximate surface area is 96.3 Å². The molecule has 0 bridgehead atoms. The van der Waals surface area contributed by atoms with Gasteiger partial charge in [-0.25, -0.2) is 0 Å². The summed E-state index contributed by atoms with van der Waals surface area (Å²) in [5.41, 5.74) is 11.5. The molecule has 0 spiro atoms. The van der Waals surface area contributed by atoms with Gasteiger partial charge in [0.25, 0.3) is 0 Å². The molecule has 0 aromatic heterocycles. The van der Waals surface area contributed by atoms with E-state index in [4.69, 9.17) is 23.1 Å². The van der Waals surface area contributed by atoms with Gasteiger partial charge in [0.05, 0.1) is 0 Å². The molecule has 0 radical (unpaired) electrons. The molecule has 14 heavy (non-hydrogen) atoms. The van der Waals surface area contributed by atoms with Gasteiger partial charge < -0.3 is 11.5 Å². The van der Waals surface area contributed by atoms with Crippen LogP contribution < -0.4 is 11.5 Å². The Morgan fingerprint density at radius 1 is 1.43 bits per heavy atom. The van der Waals surface area contributed by atoms with Crippen LogP contribution in [-0.2, 0) is 6.42 Å². The Morgan fingerprint density at radius 2 is 2.14 bits per heavy atom. The summed E-state index contributed by atoms with van der Waals surface area (Å²) in [7, 11) is 0. The van der Waals surface area contributed by atoms with Gasteiger partial charge in [-0.3, -0.25) is 4.99 Å². The van der Waals surface area contributed by atoms with Crippen LogP contribution in [0, 0.1) is 0 Å². The zero-order valence-electron chi connectivity index (χ0n) is 7.50. The van der Waals surface area contributed by atoms with Crippen molar-refractivity contribution in [1.82, 2.24) is 0 Å². The monoisotopic (exact) mass is 275 g/mol. The van der Waals surface area contributed by atoms with Crippen molar-refractivity contribution in [2.45, 2.75) is 6.42 Å². The predicted molar refractivity (Wildman–Crippen MR) is 63.5 cm³/mol. The van der Waals surface area contributed by atoms with Gasteiger partial charge in [-0.05, 0) is 30.2 Å². The third-order valence-electron chi connectivity index (χ3n) is 1.68. The quantitative estimate of drug-likeness (QED) is 0.654. The Hall–Kier alpha value is -0.740. The van der Waals surface area contributed by atoms with Gasteiger partial charge in [0, 0.05) is 16.0 Å². The van der Waals surface area contributed by atoms with Crippen molar-refractivity contribution in [2.24, 2.45) is 16.5 Å². The highest BCUT2D eigenvalue weighted by atomic mass is 79.9. The summed E-state index contributed by atoms with van der Waals surface area (Å²) in [6, 6.07) is 5.64. The predicted octanol–water partition coefficient (Wildman–Crippen LogP) is 1.92. The zero-order valence-corrected chi connectivity index (χ0v) is 9.85. The molecule has 0 fully saturated rings. The van der Waals surface area contributed by atoms with Gasteiger partial charge >= 0.3 is 0 Å². The van der Waals surface area contributed by atoms with Gasteiger partial charge in [-0.2, -0.15) is 0 Å². The third kappa shape index (κ3) is 3.55. The zero-order chi connectivity index (χ0) is 10.6. The van der Waals surface area contributed by atoms with Gasteiger partial charge in [-0.1, -0.05) is 27.5 Å². The summed E-state index contributed by atoms with van der Waals surface area (Å²) >= 11 is 9.28. The third-order valence-corrected chi connectivity index (χ3v) is 2.69. The minimum atomic E-state index is 0.114. The summed E-state index contributed by atoms with van der Waals surface area (Å²) in [6.45, 7) is 0.571. The molecule has 0 saturated heterocycles. The van der Waals surface area contributed by atoms with E-state index >= 15 is 0 Å². The van der Waals surface area contributed by atoms with E-state index < -0.39 is 0 Å². The lowest BCUT2D eigenvalue weighted by molar-refractivity contribution is 0.957. The lowest BCUT2D eigenvalue weighted by atomic mass is 10.1. The number of halogens is 2. The Balaban J connectivity index is 2.67. The van der Waals surface area contributed by atoms with Crippen LogP contribution in [0.15, 0.2) is 27.7 Å². The number of aliphatic imine (C=N–C) groups is 1. The molecular formula is C9H11BrClN3. The van der Waals surface area contributed by atoms with Crippen LogP contribution in [0.1, 0.15) is 5.56 Å². The SMILES string of the molecule is NC(N)=NCCc1cc(Cl)ccc1Br. The van der Waals surface area contributed by atoms with E-state index in [1.807, 2.05) is 18.2 Å². The Bertz CT molecular complexity index is 348. The first-order chi connectivity index (χ1) is 6.59. The molecule has 0 aliphatic heterocycles. The van der Waals surface area contributed by atoms with Crippen LogP contribution in [0.2, 0.25) is 5.02 Å². The van der Waals surface area contributed by atoms with Crippen molar-refractivity contribution >= 4 is 33.5 Å². The maximum atomic E-state index is 5.85. The van der Waals surface area contributed by atoms with Gasteiger partial charge in [0.2, 0.25) is 0 Å². The lowest BCUT2D eigenvalue weighted by Gasteiger charge is -2.02. The fraction of sp³-hybridized carbons (Fsp3) is 0.222. The van der Waals surface area contributed by atoms with Gasteiger partial charge in [0.1, 0.15) is 0 Å². The Morgan fingerprint density at radius 3 is 2.79 bits per heavy atom. The van der Waals surface area contributed by atoms with Crippen LogP contribution in [-0.4, -0.2) is 12.5 Å². The van der Waals surface area contributed by atoms with Crippen molar-refractivity contribution in [2.75, 3.05) is 6.54 Å². The summed E-state index contributed by atoms with van der Waals surface area (Å²) in [5, 5.41) is 0.716. The maximum Gasteiger partial charge on any atom is 0.185 e. The molecule has 76 valence electrons. The van der Waals surface area contributed by atoms with Crippen LogP contribution >= 0.6 is 27.5 Å². The molecule has 0 amide bonds. The summed E-state index contributed by atoms with van der Waals surface area (Å²) in [6.07, 6.45) is 0.763. The first-order valence-electron chi connectivity index (χ1n) is 4.09. The highest BCUT2D eigenvalue weighted by Gasteiger charge is 1.99. The number of rotatable bonds is 3. The maximum absolute atomic E-state index is 5.85. The second kappa shape index (κ2) is 5.22. The molecule has 1 aromatic carbocycles. The number of nitrogens with two attached hydrogens (primary N) is 2. The van der Waals surface area contributed by atoms with Crippen LogP contribution in [0.3, 0.4) is 0 Å². The van der Waals surface area contributed by atoms with Crippen molar-refractivity contribution in [3.63, 3.8) is 0 Å². The lowest BCUT2D eigenvalue weighted by Crippen LogP contribution is -2.23. The van der Waals surface area contributed by atoms with E-state index in [-0.39, 0.29) is 5.96 Å². The highest BCUT2D eigenvalue weighted by molar-refractivity contribution is 9.10. The van der Waals surface area contributed by atoms with E-state index in [1.165, 1.54) is 0 Å². The minimum absolute atomic E-state index is 0.114. The molecule has 3 nitrogen and oxygen atoms in total. The van der Waals surface area contributed by atoms with E-state index in [9.17, 15) is 0 Å². The molecule has 0 saturated carbocycles. The van der Waals surface area contributed by atoms with Gasteiger partial charge in [-0.15, -0.1) is 0 Å². The average Bonchev–Trinajstić information content (AvgIpc) is 2.10. The number of guanidine groups is 1. The van der Waals surface area contributed by atoms with Crippen molar-refractivity contribution in [3.8, 4) is 0 Å². The molecule has 0 atom stereocenters. The van der Waals surface area contributed by atoms with Crippen molar-refractivity contribution < 1.29 is 0 Å². The van der Waals surface area contributed by atoms with E-state index in [0.717, 1.165) is 16.5 Å². The summed E-state index contributed by atoms with van der Waals surface area (Å²) in [5.74, 6) is 0.114. The molecular weight excluding hydrogens is 265 g/mol. The van der Waals surface area contributed by atoms with E-state index in [0.29, 0.717) is 11.6 Å². The Kier molecular flexibility index (Phi) is 4.22. The van der Waals surface area contributed by atoms with Crippen LogP contribution in [0.25, 0.3) is 0 Å². The number of hydrogen-bond acceptors (Lipinski definition) is 1. The van der Waals surface area contributed by atoms with E-state index in [2.05, 4.69) is 20.9 Å². The molecule has 1 rings (SSSR count). The average molecular weight is 277 g/mol. The second-order valence-corrected chi connectivity index (χ2v) is 4.08. The first kappa shape index (κ1) is 11.3. The first-order valence-corrected chi connectivity index (χ1v) is 5.26. The molecule has 0 unspecified atom stereocenters.